The van der Waals surface area contributed by atoms with Crippen LogP contribution in [-0.4, -0.2) is 30.6 Å². The molecule has 6 aromatic rings. The molecular weight excluding hydrogens is 648 g/mol. The lowest BCUT2D eigenvalue weighted by Gasteiger charge is -2.26. The lowest BCUT2D eigenvalue weighted by Crippen LogP contribution is -2.16. The van der Waals surface area contributed by atoms with Gasteiger partial charge < -0.3 is 44.8 Å². The van der Waals surface area contributed by atoms with Crippen molar-refractivity contribution in [1.82, 2.24) is 0 Å². The zero-order valence-electron chi connectivity index (χ0n) is 26.8. The number of hydrogen-bond acceptors (Lipinski definition) is 9. The maximum Gasteiger partial charge on any atom is 0.135 e. The topological polar surface area (TPSA) is 149 Å². The van der Waals surface area contributed by atoms with E-state index >= 15 is 0 Å². The number of benzene rings is 6. The van der Waals surface area contributed by atoms with Crippen LogP contribution in [-0.2, 0) is 0 Å². The van der Waals surface area contributed by atoms with Crippen molar-refractivity contribution in [2.75, 3.05) is 0 Å². The Morgan fingerprint density at radius 3 is 1.08 bits per heavy atom. The minimum absolute atomic E-state index is 0.0158. The van der Waals surface area contributed by atoms with Crippen molar-refractivity contribution in [3.63, 3.8) is 0 Å². The van der Waals surface area contributed by atoms with E-state index in [1.54, 1.807) is 97.1 Å². The van der Waals surface area contributed by atoms with Gasteiger partial charge >= 0.3 is 0 Å². The van der Waals surface area contributed by atoms with Gasteiger partial charge in [0, 0.05) is 34.9 Å². The van der Waals surface area contributed by atoms with E-state index in [2.05, 4.69) is 0 Å². The summed E-state index contributed by atoms with van der Waals surface area (Å²) in [5.41, 5.74) is 6.64. The first kappa shape index (κ1) is 29.4. The zero-order valence-corrected chi connectivity index (χ0v) is 26.8. The maximum absolute atomic E-state index is 11.3. The lowest BCUT2D eigenvalue weighted by molar-refractivity contribution is 0.219. The van der Waals surface area contributed by atoms with Gasteiger partial charge in [-0.25, -0.2) is 0 Å². The van der Waals surface area contributed by atoms with Crippen LogP contribution < -0.4 is 14.2 Å². The molecular formula is C42H30O9. The van der Waals surface area contributed by atoms with Gasteiger partial charge in [0.05, 0.1) is 17.8 Å². The number of fused-ring (bicyclic) bond motifs is 3. The van der Waals surface area contributed by atoms with Crippen LogP contribution in [0.25, 0.3) is 0 Å². The minimum Gasteiger partial charge on any atom is -0.508 e. The highest BCUT2D eigenvalue weighted by atomic mass is 16.5. The highest BCUT2D eigenvalue weighted by molar-refractivity contribution is 5.70. The first-order valence-corrected chi connectivity index (χ1v) is 16.7. The molecule has 0 bridgehead atoms. The molecule has 0 radical (unpaired) electrons. The Labute approximate surface area is 291 Å². The van der Waals surface area contributed by atoms with Crippen LogP contribution in [0.3, 0.4) is 0 Å². The van der Waals surface area contributed by atoms with Crippen LogP contribution in [0, 0.1) is 0 Å². The standard InChI is InChI=1S/C42H30O9/c43-22-9-7-19(8-10-22)40-37-28-13-25(46)17-32-35(28)39(42(50-32)21-4-2-6-24(45)12-21)30-15-27(48)18-33-36(30)38(29-14-26(47)16-31(49-40)34(29)37)41(51-33)20-3-1-5-23(44)11-20/h1-18,37-48H/t37-,38-,39-,40+,41-,42-/m1/s1. The predicted octanol–water partition coefficient (Wildman–Crippen LogP) is 8.03. The Bertz CT molecular complexity index is 2370. The minimum atomic E-state index is -0.692. The third kappa shape index (κ3) is 4.34. The Hall–Kier alpha value is -6.48. The molecule has 51 heavy (non-hydrogen) atoms. The summed E-state index contributed by atoms with van der Waals surface area (Å²) in [6.07, 6.45) is -2.03. The zero-order chi connectivity index (χ0) is 34.7. The molecule has 1 aliphatic carbocycles. The Morgan fingerprint density at radius 2 is 0.706 bits per heavy atom. The van der Waals surface area contributed by atoms with Gasteiger partial charge in [0.1, 0.15) is 70.1 Å². The van der Waals surface area contributed by atoms with Gasteiger partial charge in [-0.15, -0.1) is 0 Å². The van der Waals surface area contributed by atoms with E-state index in [4.69, 9.17) is 14.2 Å². The second kappa shape index (κ2) is 10.5. The SMILES string of the molecule is Oc1ccc([C@@H]2Oc3cc(O)cc4c3[C@H]2c2cc(O)cc3c2[C@@H](c2cc(O)cc5c2[C@@H]4[C@@H](c2cccc(O)c2)O5)[C@@H](c2cccc(O)c2)O3)cc1. The van der Waals surface area contributed by atoms with Gasteiger partial charge in [0.2, 0.25) is 0 Å². The van der Waals surface area contributed by atoms with E-state index in [1.807, 2.05) is 12.1 Å². The van der Waals surface area contributed by atoms with Crippen LogP contribution >= 0.6 is 0 Å². The normalized spacial score (nSPS) is 23.1. The molecule has 0 unspecified atom stereocenters. The molecule has 0 aromatic heterocycles. The average Bonchev–Trinajstić information content (AvgIpc) is 3.79. The van der Waals surface area contributed by atoms with Crippen molar-refractivity contribution in [3.8, 4) is 51.7 Å². The van der Waals surface area contributed by atoms with Gasteiger partial charge in [-0.2, -0.15) is 0 Å². The van der Waals surface area contributed by atoms with Gasteiger partial charge in [-0.1, -0.05) is 36.4 Å². The molecule has 0 saturated heterocycles. The smallest absolute Gasteiger partial charge is 0.135 e. The van der Waals surface area contributed by atoms with Crippen molar-refractivity contribution >= 4 is 0 Å². The summed E-state index contributed by atoms with van der Waals surface area (Å²) in [7, 11) is 0. The largest absolute Gasteiger partial charge is 0.508 e. The predicted molar refractivity (Wildman–Crippen MR) is 184 cm³/mol. The van der Waals surface area contributed by atoms with Crippen molar-refractivity contribution in [2.45, 2.75) is 36.1 Å². The van der Waals surface area contributed by atoms with Gasteiger partial charge in [-0.05, 0) is 88.0 Å². The highest BCUT2D eigenvalue weighted by Crippen LogP contribution is 2.65. The second-order valence-electron chi connectivity index (χ2n) is 13.7. The molecule has 6 aromatic carbocycles. The Morgan fingerprint density at radius 1 is 0.333 bits per heavy atom. The fraction of sp³-hybridized carbons (Fsp3) is 0.143. The van der Waals surface area contributed by atoms with E-state index in [-0.39, 0.29) is 34.5 Å². The lowest BCUT2D eigenvalue weighted by atomic mass is 9.76. The van der Waals surface area contributed by atoms with Crippen molar-refractivity contribution in [3.05, 3.63) is 159 Å². The van der Waals surface area contributed by atoms with Crippen molar-refractivity contribution < 1.29 is 44.8 Å². The van der Waals surface area contributed by atoms with Crippen LogP contribution in [0.1, 0.15) is 86.1 Å². The molecule has 9 heteroatoms. The van der Waals surface area contributed by atoms with Gasteiger partial charge in [-0.3, -0.25) is 0 Å². The van der Waals surface area contributed by atoms with E-state index in [0.29, 0.717) is 28.4 Å². The number of aromatic hydroxyl groups is 6. The third-order valence-electron chi connectivity index (χ3n) is 10.7. The second-order valence-corrected chi connectivity index (χ2v) is 13.7. The van der Waals surface area contributed by atoms with Crippen molar-refractivity contribution in [1.29, 1.82) is 0 Å². The summed E-state index contributed by atoms with van der Waals surface area (Å²) >= 11 is 0. The van der Waals surface area contributed by atoms with Gasteiger partial charge in [0.25, 0.3) is 0 Å². The van der Waals surface area contributed by atoms with Gasteiger partial charge in [0.15, 0.2) is 0 Å². The fourth-order valence-corrected chi connectivity index (χ4v) is 8.84. The Balaban J connectivity index is 1.34. The number of rotatable bonds is 3. The summed E-state index contributed by atoms with van der Waals surface area (Å²) in [6, 6.07) is 30.4. The van der Waals surface area contributed by atoms with Crippen LogP contribution in [0.5, 0.6) is 51.7 Å². The number of phenols is 6. The maximum atomic E-state index is 11.3. The van der Waals surface area contributed by atoms with Crippen LogP contribution in [0.4, 0.5) is 0 Å². The fourth-order valence-electron chi connectivity index (χ4n) is 8.84. The van der Waals surface area contributed by atoms with E-state index in [9.17, 15) is 30.6 Å². The van der Waals surface area contributed by atoms with Crippen molar-refractivity contribution in [2.24, 2.45) is 0 Å². The summed E-state index contributed by atoms with van der Waals surface area (Å²) in [5, 5.41) is 65.3. The molecule has 10 rings (SSSR count). The average molecular weight is 679 g/mol. The van der Waals surface area contributed by atoms with E-state index in [1.165, 1.54) is 0 Å². The first-order valence-electron chi connectivity index (χ1n) is 16.7. The van der Waals surface area contributed by atoms with Crippen LogP contribution in [0.2, 0.25) is 0 Å². The highest BCUT2D eigenvalue weighted by Gasteiger charge is 2.52. The molecule has 9 nitrogen and oxygen atoms in total. The van der Waals surface area contributed by atoms with Crippen LogP contribution in [0.15, 0.2) is 109 Å². The number of ether oxygens (including phenoxy) is 3. The molecule has 0 saturated carbocycles. The first-order chi connectivity index (χ1) is 24.7. The number of phenolic OH excluding ortho intramolecular Hbond substituents is 6. The molecule has 0 spiro atoms. The molecule has 0 fully saturated rings. The molecule has 4 aliphatic rings. The Kier molecular flexibility index (Phi) is 6.07. The molecule has 6 atom stereocenters. The summed E-state index contributed by atoms with van der Waals surface area (Å²) in [6.45, 7) is 0. The summed E-state index contributed by atoms with van der Waals surface area (Å²) in [4.78, 5) is 0. The molecule has 252 valence electrons. The third-order valence-corrected chi connectivity index (χ3v) is 10.7. The summed E-state index contributed by atoms with van der Waals surface area (Å²) in [5.74, 6) is -0.174. The monoisotopic (exact) mass is 678 g/mol. The molecule has 6 N–H and O–H groups in total. The molecule has 3 aliphatic heterocycles. The van der Waals surface area contributed by atoms with E-state index < -0.39 is 36.1 Å². The molecule has 3 heterocycles. The number of hydrogen-bond donors (Lipinski definition) is 6. The quantitative estimate of drug-likeness (QED) is 0.109. The summed E-state index contributed by atoms with van der Waals surface area (Å²) < 4.78 is 20.3. The van der Waals surface area contributed by atoms with E-state index in [0.717, 1.165) is 38.9 Å². The molecule has 0 amide bonds.